The number of aromatic carboxylic acids is 1. The van der Waals surface area contributed by atoms with Crippen LogP contribution in [0.25, 0.3) is 10.4 Å². The Morgan fingerprint density at radius 1 is 0.960 bits per heavy atom. The van der Waals surface area contributed by atoms with Crippen molar-refractivity contribution in [3.8, 4) is 0 Å². The fourth-order valence-electron chi connectivity index (χ4n) is 3.75. The topological polar surface area (TPSA) is 106 Å². The summed E-state index contributed by atoms with van der Waals surface area (Å²) in [5.41, 5.74) is 8.47. The number of hydrogen-bond acceptors (Lipinski definition) is 3. The smallest absolute Gasteiger partial charge is 0.0861 e. The van der Waals surface area contributed by atoms with Crippen molar-refractivity contribution in [3.63, 3.8) is 0 Å². The summed E-state index contributed by atoms with van der Waals surface area (Å²) in [6, 6.07) is 7.45. The van der Waals surface area contributed by atoms with Crippen molar-refractivity contribution in [1.29, 1.82) is 0 Å². The maximum atomic E-state index is 10.3. The summed E-state index contributed by atoms with van der Waals surface area (Å²) in [5, 5.41) is 16.3. The van der Waals surface area contributed by atoms with Gasteiger partial charge in [0.25, 0.3) is 0 Å². The molecular weight excluding hydrogens is 316 g/mol. The minimum Gasteiger partial charge on any atom is -0.545 e. The molecule has 6 heteroatoms. The summed E-state index contributed by atoms with van der Waals surface area (Å²) in [4.78, 5) is 12.8. The molecule has 136 valence electrons. The molecule has 2 saturated carbocycles. The molecule has 0 saturated heterocycles. The van der Waals surface area contributed by atoms with Gasteiger partial charge >= 0.3 is 0 Å². The Kier molecular flexibility index (Phi) is 8.29. The second-order valence-corrected chi connectivity index (χ2v) is 7.01. The van der Waals surface area contributed by atoms with Crippen LogP contribution in [0.5, 0.6) is 0 Å². The van der Waals surface area contributed by atoms with E-state index in [1.54, 1.807) is 0 Å². The van der Waals surface area contributed by atoms with Crippen LogP contribution in [0.2, 0.25) is 0 Å². The lowest BCUT2D eigenvalue weighted by Gasteiger charge is -2.27. The van der Waals surface area contributed by atoms with E-state index in [1.165, 1.54) is 88.5 Å². The van der Waals surface area contributed by atoms with Gasteiger partial charge in [0.05, 0.1) is 18.1 Å². The molecule has 2 aliphatic carbocycles. The Hall–Kier alpha value is -2.04. The number of nitrogens with zero attached hydrogens (tertiary/aromatic N) is 3. The van der Waals surface area contributed by atoms with Crippen molar-refractivity contribution in [2.24, 2.45) is 5.11 Å². The van der Waals surface area contributed by atoms with E-state index < -0.39 is 5.97 Å². The molecule has 0 aromatic heterocycles. The lowest BCUT2D eigenvalue weighted by molar-refractivity contribution is -0.725. The minimum absolute atomic E-state index is 0.0619. The molecule has 1 aromatic carbocycles. The number of carbonyl (C=O) groups excluding carboxylic acids is 1. The van der Waals surface area contributed by atoms with E-state index in [9.17, 15) is 9.90 Å². The predicted molar refractivity (Wildman–Crippen MR) is 95.2 cm³/mol. The molecule has 0 amide bonds. The number of carbonyl (C=O) groups is 1. The third-order valence-corrected chi connectivity index (χ3v) is 5.11. The monoisotopic (exact) mass is 344 g/mol. The molecule has 0 unspecified atom stereocenters. The zero-order chi connectivity index (χ0) is 17.9. The maximum Gasteiger partial charge on any atom is 0.0861 e. The van der Waals surface area contributed by atoms with E-state index in [2.05, 4.69) is 15.3 Å². The fourth-order valence-corrected chi connectivity index (χ4v) is 3.75. The van der Waals surface area contributed by atoms with E-state index >= 15 is 0 Å². The average molecular weight is 344 g/mol. The van der Waals surface area contributed by atoms with Crippen LogP contribution in [-0.4, -0.2) is 18.1 Å². The van der Waals surface area contributed by atoms with E-state index in [-0.39, 0.29) is 5.56 Å². The van der Waals surface area contributed by atoms with Crippen LogP contribution < -0.4 is 10.4 Å². The first-order valence-corrected chi connectivity index (χ1v) is 9.40. The molecule has 2 aliphatic rings. The maximum absolute atomic E-state index is 10.3. The number of carboxylic acids is 1. The first-order valence-electron chi connectivity index (χ1n) is 9.40. The van der Waals surface area contributed by atoms with Crippen LogP contribution >= 0.6 is 0 Å². The Morgan fingerprint density at radius 2 is 1.44 bits per heavy atom. The average Bonchev–Trinajstić information content (AvgIpc) is 2.65. The van der Waals surface area contributed by atoms with Crippen LogP contribution in [0.1, 0.15) is 74.6 Å². The molecular formula is C19H28N4O2. The first kappa shape index (κ1) is 19.3. The van der Waals surface area contributed by atoms with Crippen molar-refractivity contribution < 1.29 is 15.2 Å². The van der Waals surface area contributed by atoms with Gasteiger partial charge < -0.3 is 15.2 Å². The lowest BCUT2D eigenvalue weighted by Crippen LogP contribution is -2.95. The van der Waals surface area contributed by atoms with Gasteiger partial charge in [0.2, 0.25) is 0 Å². The number of nitrogens with two attached hydrogens (primary N) is 1. The predicted octanol–water partition coefficient (Wildman–Crippen LogP) is 3.21. The zero-order valence-corrected chi connectivity index (χ0v) is 14.8. The van der Waals surface area contributed by atoms with Gasteiger partial charge in [-0.15, -0.1) is 0 Å². The highest BCUT2D eigenvalue weighted by Crippen LogP contribution is 2.18. The Morgan fingerprint density at radius 3 is 1.84 bits per heavy atom. The number of quaternary nitrogens is 1. The molecule has 3 rings (SSSR count). The van der Waals surface area contributed by atoms with Gasteiger partial charge in [-0.25, -0.2) is 0 Å². The van der Waals surface area contributed by atoms with Crippen molar-refractivity contribution in [2.45, 2.75) is 76.3 Å². The molecule has 0 heterocycles. The van der Waals surface area contributed by atoms with Gasteiger partial charge in [0.1, 0.15) is 0 Å². The molecule has 0 atom stereocenters. The van der Waals surface area contributed by atoms with Crippen LogP contribution in [0, 0.1) is 0 Å². The molecule has 0 aliphatic heterocycles. The Balaban J connectivity index is 0.000000181. The summed E-state index contributed by atoms with van der Waals surface area (Å²) in [7, 11) is 0. The van der Waals surface area contributed by atoms with E-state index in [1.807, 2.05) is 0 Å². The highest BCUT2D eigenvalue weighted by atomic mass is 16.4. The third kappa shape index (κ3) is 7.16. The van der Waals surface area contributed by atoms with Crippen LogP contribution in [0.15, 0.2) is 29.4 Å². The van der Waals surface area contributed by atoms with Crippen LogP contribution in [0.3, 0.4) is 0 Å². The highest BCUT2D eigenvalue weighted by Gasteiger charge is 2.22. The zero-order valence-electron chi connectivity index (χ0n) is 14.8. The molecule has 0 radical (unpaired) electrons. The Labute approximate surface area is 149 Å². The molecule has 0 spiro atoms. The van der Waals surface area contributed by atoms with Gasteiger partial charge in [0.15, 0.2) is 0 Å². The van der Waals surface area contributed by atoms with Crippen molar-refractivity contribution >= 4 is 11.7 Å². The number of rotatable bonds is 4. The third-order valence-electron chi connectivity index (χ3n) is 5.11. The van der Waals surface area contributed by atoms with E-state index in [4.69, 9.17) is 5.53 Å². The number of benzene rings is 1. The summed E-state index contributed by atoms with van der Waals surface area (Å²) >= 11 is 0. The summed E-state index contributed by atoms with van der Waals surface area (Å²) in [5.74, 6) is -1.25. The van der Waals surface area contributed by atoms with Gasteiger partial charge in [-0.2, -0.15) is 0 Å². The van der Waals surface area contributed by atoms with Gasteiger partial charge in [0, 0.05) is 10.6 Å². The van der Waals surface area contributed by atoms with Gasteiger partial charge in [-0.1, -0.05) is 42.2 Å². The number of hydrogen-bond donors (Lipinski definition) is 1. The largest absolute Gasteiger partial charge is 0.545 e. The van der Waals surface area contributed by atoms with E-state index in [0.717, 1.165) is 12.1 Å². The quantitative estimate of drug-likeness (QED) is 0.514. The SMILES string of the molecule is C1CCC([NH2+]C2CCCCC2)CC1.[N-]=[N+]=Nc1ccc(C(=O)[O-])cc1. The first-order chi connectivity index (χ1) is 12.2. The van der Waals surface area contributed by atoms with Crippen molar-refractivity contribution in [1.82, 2.24) is 0 Å². The summed E-state index contributed by atoms with van der Waals surface area (Å²) in [6.45, 7) is 0. The van der Waals surface area contributed by atoms with Crippen LogP contribution in [0.4, 0.5) is 5.69 Å². The van der Waals surface area contributed by atoms with Crippen molar-refractivity contribution in [3.05, 3.63) is 40.3 Å². The molecule has 2 N–H and O–H groups in total. The molecule has 1 aromatic rings. The van der Waals surface area contributed by atoms with Crippen molar-refractivity contribution in [2.75, 3.05) is 0 Å². The molecule has 2 fully saturated rings. The fraction of sp³-hybridized carbons (Fsp3) is 0.632. The molecule has 25 heavy (non-hydrogen) atoms. The van der Waals surface area contributed by atoms with Crippen LogP contribution in [-0.2, 0) is 0 Å². The normalized spacial score (nSPS) is 18.6. The molecule has 0 bridgehead atoms. The number of azide groups is 1. The number of carboxylic acid groups (broad SMARTS) is 1. The summed E-state index contributed by atoms with van der Waals surface area (Å²) in [6.07, 6.45) is 15.0. The second kappa shape index (κ2) is 10.7. The minimum atomic E-state index is -1.25. The second-order valence-electron chi connectivity index (χ2n) is 7.01. The molecule has 6 nitrogen and oxygen atoms in total. The van der Waals surface area contributed by atoms with Gasteiger partial charge in [-0.05, 0) is 62.5 Å². The summed E-state index contributed by atoms with van der Waals surface area (Å²) < 4.78 is 0. The van der Waals surface area contributed by atoms with E-state index in [0.29, 0.717) is 5.69 Å². The lowest BCUT2D eigenvalue weighted by atomic mass is 9.91. The standard InChI is InChI=1S/C12H23N.C7H5N3O2/c1-3-7-11(8-4-1)13-12-9-5-2-6-10-12;8-10-9-6-3-1-5(2-4-6)7(11)12/h11-13H,1-10H2;1-4H,(H,11,12). The Bertz CT molecular complexity index is 533. The van der Waals surface area contributed by atoms with Gasteiger partial charge in [-0.3, -0.25) is 0 Å². The highest BCUT2D eigenvalue weighted by molar-refractivity contribution is 5.86.